The Morgan fingerprint density at radius 3 is 2.56 bits per heavy atom. The highest BCUT2D eigenvalue weighted by Gasteiger charge is 2.49. The number of hydrogen-bond acceptors (Lipinski definition) is 5. The van der Waals surface area contributed by atoms with Crippen LogP contribution >= 0.6 is 0 Å². The third-order valence-electron chi connectivity index (χ3n) is 7.21. The lowest BCUT2D eigenvalue weighted by Crippen LogP contribution is -2.41. The van der Waals surface area contributed by atoms with E-state index in [4.69, 9.17) is 0 Å². The molecule has 0 bridgehead atoms. The molecule has 0 aromatic heterocycles. The molecule has 1 saturated heterocycles. The van der Waals surface area contributed by atoms with Crippen molar-refractivity contribution in [2.75, 3.05) is 23.1 Å². The zero-order valence-electron chi connectivity index (χ0n) is 19.3. The molecule has 2 aromatic carbocycles. The van der Waals surface area contributed by atoms with E-state index in [2.05, 4.69) is 5.32 Å². The number of carbonyl (C=O) groups is 3. The van der Waals surface area contributed by atoms with E-state index in [0.717, 1.165) is 35.3 Å². The monoisotopic (exact) mass is 481 g/mol. The number of sulfonamides is 1. The minimum absolute atomic E-state index is 0.00227. The second-order valence-corrected chi connectivity index (χ2v) is 11.5. The Labute approximate surface area is 199 Å². The van der Waals surface area contributed by atoms with Gasteiger partial charge >= 0.3 is 6.03 Å². The first-order valence-corrected chi connectivity index (χ1v) is 13.2. The van der Waals surface area contributed by atoms with Crippen LogP contribution < -0.4 is 9.62 Å². The van der Waals surface area contributed by atoms with E-state index in [1.807, 2.05) is 18.2 Å². The number of aryl methyl sites for hydroxylation is 2. The predicted molar refractivity (Wildman–Crippen MR) is 127 cm³/mol. The lowest BCUT2D eigenvalue weighted by atomic mass is 9.89. The van der Waals surface area contributed by atoms with Gasteiger partial charge in [-0.3, -0.25) is 18.8 Å². The molecule has 0 spiro atoms. The van der Waals surface area contributed by atoms with E-state index >= 15 is 0 Å². The van der Waals surface area contributed by atoms with E-state index in [9.17, 15) is 22.8 Å². The summed E-state index contributed by atoms with van der Waals surface area (Å²) in [7, 11) is -3.38. The van der Waals surface area contributed by atoms with Crippen LogP contribution in [-0.4, -0.2) is 49.9 Å². The van der Waals surface area contributed by atoms with Crippen molar-refractivity contribution in [1.29, 1.82) is 0 Å². The summed E-state index contributed by atoms with van der Waals surface area (Å²) < 4.78 is 26.0. The minimum Gasteiger partial charge on any atom is -0.319 e. The molecule has 2 heterocycles. The van der Waals surface area contributed by atoms with Crippen LogP contribution in [0.25, 0.3) is 0 Å². The van der Waals surface area contributed by atoms with Crippen molar-refractivity contribution in [2.24, 2.45) is 0 Å². The van der Waals surface area contributed by atoms with Crippen LogP contribution in [0.4, 0.5) is 10.5 Å². The molecule has 2 aliphatic heterocycles. The smallest absolute Gasteiger partial charge is 0.319 e. The molecule has 178 valence electrons. The summed E-state index contributed by atoms with van der Waals surface area (Å²) in [4.78, 5) is 40.0. The Kier molecular flexibility index (Phi) is 5.27. The van der Waals surface area contributed by atoms with Gasteiger partial charge in [-0.15, -0.1) is 0 Å². The molecule has 1 fully saturated rings. The number of imide groups is 1. The molecular weight excluding hydrogens is 454 g/mol. The molecule has 0 unspecified atom stereocenters. The van der Waals surface area contributed by atoms with Gasteiger partial charge < -0.3 is 5.32 Å². The van der Waals surface area contributed by atoms with Crippen LogP contribution in [0.2, 0.25) is 0 Å². The number of amides is 3. The third-order valence-corrected chi connectivity index (χ3v) is 8.99. The van der Waals surface area contributed by atoms with Gasteiger partial charge in [-0.1, -0.05) is 18.2 Å². The normalized spacial score (nSPS) is 21.6. The summed E-state index contributed by atoms with van der Waals surface area (Å²) in [6.45, 7) is 3.24. The average molecular weight is 482 g/mol. The number of fused-ring (bicyclic) bond motifs is 2. The quantitative estimate of drug-likeness (QED) is 0.504. The summed E-state index contributed by atoms with van der Waals surface area (Å²) in [5, 5.41) is 2.78. The van der Waals surface area contributed by atoms with Gasteiger partial charge in [0.05, 0.1) is 18.0 Å². The molecular formula is C25H27N3O5S. The van der Waals surface area contributed by atoms with E-state index < -0.39 is 27.5 Å². The molecule has 3 amide bonds. The summed E-state index contributed by atoms with van der Waals surface area (Å²) in [6, 6.07) is 10.1. The van der Waals surface area contributed by atoms with Crippen molar-refractivity contribution in [3.05, 3.63) is 64.2 Å². The maximum absolute atomic E-state index is 13.3. The number of nitrogens with one attached hydrogen (secondary N) is 1. The molecule has 5 rings (SSSR count). The van der Waals surface area contributed by atoms with Crippen LogP contribution in [0.1, 0.15) is 52.9 Å². The zero-order chi connectivity index (χ0) is 24.3. The number of benzene rings is 2. The Balaban J connectivity index is 1.35. The predicted octanol–water partition coefficient (Wildman–Crippen LogP) is 2.54. The fourth-order valence-corrected chi connectivity index (χ4v) is 6.30. The van der Waals surface area contributed by atoms with E-state index in [0.29, 0.717) is 24.2 Å². The van der Waals surface area contributed by atoms with E-state index in [1.165, 1.54) is 15.4 Å². The summed E-state index contributed by atoms with van der Waals surface area (Å²) in [6.07, 6.45) is 3.57. The zero-order valence-corrected chi connectivity index (χ0v) is 20.1. The molecule has 8 nitrogen and oxygen atoms in total. The van der Waals surface area contributed by atoms with Gasteiger partial charge in [0, 0.05) is 12.1 Å². The Morgan fingerprint density at radius 2 is 1.79 bits per heavy atom. The second kappa shape index (κ2) is 7.94. The molecule has 1 N–H and O–H groups in total. The standard InChI is InChI=1S/C25H27N3O5S/c1-3-34(32,33)28-12-11-18-13-19(8-10-21(18)28)22(29)15-27-23(30)25(2,26-24(27)31)20-9-7-16-5-4-6-17(16)14-20/h7-10,13-14H,3-6,11-12,15H2,1-2H3,(H,26,31)/t25-/m1/s1. The second-order valence-electron chi connectivity index (χ2n) is 9.27. The van der Waals surface area contributed by atoms with Crippen molar-refractivity contribution in [1.82, 2.24) is 10.2 Å². The number of rotatable bonds is 6. The molecule has 3 aliphatic rings. The minimum atomic E-state index is -3.38. The molecule has 0 saturated carbocycles. The highest BCUT2D eigenvalue weighted by atomic mass is 32.2. The van der Waals surface area contributed by atoms with Gasteiger partial charge in [-0.2, -0.15) is 0 Å². The summed E-state index contributed by atoms with van der Waals surface area (Å²) in [5.74, 6) is -0.825. The molecule has 2 aromatic rings. The fourth-order valence-electron chi connectivity index (χ4n) is 5.14. The molecule has 9 heteroatoms. The molecule has 0 radical (unpaired) electrons. The molecule has 1 aliphatic carbocycles. The van der Waals surface area contributed by atoms with Crippen LogP contribution in [0.5, 0.6) is 0 Å². The van der Waals surface area contributed by atoms with Crippen molar-refractivity contribution in [2.45, 2.75) is 45.1 Å². The number of carbonyl (C=O) groups excluding carboxylic acids is 3. The maximum atomic E-state index is 13.3. The number of anilines is 1. The summed E-state index contributed by atoms with van der Waals surface area (Å²) in [5.41, 5.74) is 3.67. The number of Topliss-reactive ketones (excluding diaryl/α,β-unsaturated/α-hetero) is 1. The van der Waals surface area contributed by atoms with Crippen LogP contribution in [0.3, 0.4) is 0 Å². The van der Waals surface area contributed by atoms with Gasteiger partial charge in [0.25, 0.3) is 5.91 Å². The van der Waals surface area contributed by atoms with Crippen molar-refractivity contribution >= 4 is 33.4 Å². The van der Waals surface area contributed by atoms with Crippen molar-refractivity contribution in [3.8, 4) is 0 Å². The van der Waals surface area contributed by atoms with Gasteiger partial charge in [-0.25, -0.2) is 13.2 Å². The topological polar surface area (TPSA) is 104 Å². The van der Waals surface area contributed by atoms with Crippen LogP contribution in [-0.2, 0) is 39.6 Å². The van der Waals surface area contributed by atoms with E-state index in [-0.39, 0.29) is 18.1 Å². The highest BCUT2D eigenvalue weighted by molar-refractivity contribution is 7.92. The third kappa shape index (κ3) is 3.50. The summed E-state index contributed by atoms with van der Waals surface area (Å²) >= 11 is 0. The van der Waals surface area contributed by atoms with Crippen molar-refractivity contribution < 1.29 is 22.8 Å². The van der Waals surface area contributed by atoms with Gasteiger partial charge in [0.15, 0.2) is 5.78 Å². The Bertz CT molecular complexity index is 1340. The SMILES string of the molecule is CCS(=O)(=O)N1CCc2cc(C(=O)CN3C(=O)N[C@](C)(c4ccc5c(c4)CCC5)C3=O)ccc21. The maximum Gasteiger partial charge on any atom is 0.325 e. The first-order chi connectivity index (χ1) is 16.1. The number of nitrogens with zero attached hydrogens (tertiary/aromatic N) is 2. The Morgan fingerprint density at radius 1 is 1.03 bits per heavy atom. The van der Waals surface area contributed by atoms with Crippen molar-refractivity contribution in [3.63, 3.8) is 0 Å². The van der Waals surface area contributed by atoms with Gasteiger partial charge in [0.1, 0.15) is 5.54 Å². The lowest BCUT2D eigenvalue weighted by molar-refractivity contribution is -0.130. The highest BCUT2D eigenvalue weighted by Crippen LogP contribution is 2.34. The molecule has 1 atom stereocenters. The number of hydrogen-bond donors (Lipinski definition) is 1. The molecule has 34 heavy (non-hydrogen) atoms. The van der Waals surface area contributed by atoms with Crippen LogP contribution in [0, 0.1) is 0 Å². The van der Waals surface area contributed by atoms with Gasteiger partial charge in [-0.05, 0) is 80.0 Å². The van der Waals surface area contributed by atoms with Gasteiger partial charge in [0.2, 0.25) is 10.0 Å². The Hall–Kier alpha value is -3.20. The first kappa shape index (κ1) is 22.6. The first-order valence-electron chi connectivity index (χ1n) is 11.6. The average Bonchev–Trinajstić information content (AvgIpc) is 3.52. The fraction of sp³-hybridized carbons (Fsp3) is 0.400. The van der Waals surface area contributed by atoms with E-state index in [1.54, 1.807) is 32.0 Å². The lowest BCUT2D eigenvalue weighted by Gasteiger charge is -2.23. The largest absolute Gasteiger partial charge is 0.325 e. The van der Waals surface area contributed by atoms with Crippen LogP contribution in [0.15, 0.2) is 36.4 Å². The number of urea groups is 1. The number of ketones is 1.